The van der Waals surface area contributed by atoms with Crippen molar-refractivity contribution < 1.29 is 14.6 Å². The normalized spacial score (nSPS) is 11.0. The lowest BCUT2D eigenvalue weighted by Gasteiger charge is -2.18. The van der Waals surface area contributed by atoms with E-state index >= 15 is 0 Å². The van der Waals surface area contributed by atoms with Crippen molar-refractivity contribution in [3.05, 3.63) is 28.8 Å². The summed E-state index contributed by atoms with van der Waals surface area (Å²) in [5, 5.41) is 9.10. The molecular formula is C14H20O3. The van der Waals surface area contributed by atoms with Gasteiger partial charge in [-0.15, -0.1) is 0 Å². The summed E-state index contributed by atoms with van der Waals surface area (Å²) in [5.41, 5.74) is 2.03. The first-order valence-electron chi connectivity index (χ1n) is 5.87. The van der Waals surface area contributed by atoms with E-state index in [9.17, 15) is 4.79 Å². The Bertz CT molecular complexity index is 420. The van der Waals surface area contributed by atoms with Crippen LogP contribution in [0.2, 0.25) is 0 Å². The summed E-state index contributed by atoms with van der Waals surface area (Å²) < 4.78 is 5.73. The van der Waals surface area contributed by atoms with E-state index < -0.39 is 5.97 Å². The number of hydrogen-bond acceptors (Lipinski definition) is 2. The summed E-state index contributed by atoms with van der Waals surface area (Å²) in [7, 11) is 0. The maximum absolute atomic E-state index is 11.1. The average molecular weight is 236 g/mol. The molecule has 17 heavy (non-hydrogen) atoms. The Morgan fingerprint density at radius 1 is 1.24 bits per heavy atom. The highest BCUT2D eigenvalue weighted by molar-refractivity contribution is 5.90. The number of carbonyl (C=O) groups is 1. The summed E-state index contributed by atoms with van der Waals surface area (Å²) in [6.45, 7) is 9.78. The van der Waals surface area contributed by atoms with Crippen molar-refractivity contribution in [2.45, 2.75) is 46.6 Å². The molecule has 1 rings (SSSR count). The molecule has 0 aliphatic rings. The first-order valence-corrected chi connectivity index (χ1v) is 5.87. The molecule has 1 N–H and O–H groups in total. The molecule has 0 saturated heterocycles. The standard InChI is InChI=1S/C14H20O3/c1-8(2)11-7-12(14(15)16)10(5)6-13(11)17-9(3)4/h6-9H,1-5H3,(H,15,16). The molecule has 1 aromatic rings. The van der Waals surface area contributed by atoms with Gasteiger partial charge < -0.3 is 9.84 Å². The zero-order valence-corrected chi connectivity index (χ0v) is 11.1. The molecule has 3 nitrogen and oxygen atoms in total. The van der Waals surface area contributed by atoms with Gasteiger partial charge in [-0.1, -0.05) is 13.8 Å². The zero-order valence-electron chi connectivity index (χ0n) is 11.1. The Kier molecular flexibility index (Phi) is 4.16. The van der Waals surface area contributed by atoms with Crippen LogP contribution >= 0.6 is 0 Å². The van der Waals surface area contributed by atoms with E-state index in [1.807, 2.05) is 33.8 Å². The van der Waals surface area contributed by atoms with Crippen molar-refractivity contribution in [1.82, 2.24) is 0 Å². The first kappa shape index (κ1) is 13.6. The van der Waals surface area contributed by atoms with Gasteiger partial charge in [-0.25, -0.2) is 4.79 Å². The Balaban J connectivity index is 3.30. The second-order valence-corrected chi connectivity index (χ2v) is 4.83. The van der Waals surface area contributed by atoms with Crippen LogP contribution in [0, 0.1) is 6.92 Å². The Labute approximate surface area is 102 Å². The number of carboxylic acid groups (broad SMARTS) is 1. The second-order valence-electron chi connectivity index (χ2n) is 4.83. The van der Waals surface area contributed by atoms with Crippen LogP contribution in [0.3, 0.4) is 0 Å². The third-order valence-electron chi connectivity index (χ3n) is 2.57. The van der Waals surface area contributed by atoms with E-state index in [1.165, 1.54) is 0 Å². The van der Waals surface area contributed by atoms with Crippen LogP contribution < -0.4 is 4.74 Å². The molecule has 3 heteroatoms. The van der Waals surface area contributed by atoms with Gasteiger partial charge in [0, 0.05) is 0 Å². The molecule has 0 radical (unpaired) electrons. The highest BCUT2D eigenvalue weighted by Crippen LogP contribution is 2.30. The Hall–Kier alpha value is -1.51. The first-order chi connectivity index (χ1) is 7.82. The van der Waals surface area contributed by atoms with Gasteiger partial charge in [0.25, 0.3) is 0 Å². The number of aromatic carboxylic acids is 1. The molecule has 0 atom stereocenters. The summed E-state index contributed by atoms with van der Waals surface area (Å²) >= 11 is 0. The van der Waals surface area contributed by atoms with Gasteiger partial charge in [0.1, 0.15) is 5.75 Å². The number of benzene rings is 1. The van der Waals surface area contributed by atoms with Crippen LogP contribution in [0.15, 0.2) is 12.1 Å². The van der Waals surface area contributed by atoms with E-state index in [2.05, 4.69) is 0 Å². The molecule has 0 amide bonds. The number of hydrogen-bond donors (Lipinski definition) is 1. The lowest BCUT2D eigenvalue weighted by Crippen LogP contribution is -2.10. The second kappa shape index (κ2) is 5.21. The molecule has 0 spiro atoms. The smallest absolute Gasteiger partial charge is 0.335 e. The van der Waals surface area contributed by atoms with E-state index in [4.69, 9.17) is 9.84 Å². The van der Waals surface area contributed by atoms with Crippen molar-refractivity contribution in [3.8, 4) is 5.75 Å². The summed E-state index contributed by atoms with van der Waals surface area (Å²) in [5.74, 6) is 0.139. The van der Waals surface area contributed by atoms with Crippen LogP contribution in [-0.4, -0.2) is 17.2 Å². The van der Waals surface area contributed by atoms with Gasteiger partial charge in [0.05, 0.1) is 11.7 Å². The topological polar surface area (TPSA) is 46.5 Å². The molecule has 0 saturated carbocycles. The highest BCUT2D eigenvalue weighted by atomic mass is 16.5. The van der Waals surface area contributed by atoms with Crippen LogP contribution in [0.5, 0.6) is 5.75 Å². The van der Waals surface area contributed by atoms with Gasteiger partial charge in [0.2, 0.25) is 0 Å². The predicted octanol–water partition coefficient (Wildman–Crippen LogP) is 3.60. The minimum absolute atomic E-state index is 0.0857. The van der Waals surface area contributed by atoms with Gasteiger partial charge in [-0.3, -0.25) is 0 Å². The molecule has 0 unspecified atom stereocenters. The van der Waals surface area contributed by atoms with Crippen LogP contribution in [-0.2, 0) is 0 Å². The van der Waals surface area contributed by atoms with Gasteiger partial charge >= 0.3 is 5.97 Å². The molecule has 94 valence electrons. The fourth-order valence-corrected chi connectivity index (χ4v) is 1.74. The molecule has 0 fully saturated rings. The molecule has 0 aliphatic heterocycles. The fraction of sp³-hybridized carbons (Fsp3) is 0.500. The van der Waals surface area contributed by atoms with Gasteiger partial charge in [-0.2, -0.15) is 0 Å². The van der Waals surface area contributed by atoms with E-state index in [0.717, 1.165) is 16.9 Å². The maximum atomic E-state index is 11.1. The van der Waals surface area contributed by atoms with Crippen LogP contribution in [0.1, 0.15) is 55.1 Å². The molecule has 0 aliphatic carbocycles. The third-order valence-corrected chi connectivity index (χ3v) is 2.57. The minimum Gasteiger partial charge on any atom is -0.491 e. The lowest BCUT2D eigenvalue weighted by molar-refractivity contribution is 0.0696. The monoisotopic (exact) mass is 236 g/mol. The third kappa shape index (κ3) is 3.22. The summed E-state index contributed by atoms with van der Waals surface area (Å²) in [4.78, 5) is 11.1. The van der Waals surface area contributed by atoms with Crippen molar-refractivity contribution >= 4 is 5.97 Å². The Morgan fingerprint density at radius 3 is 2.24 bits per heavy atom. The summed E-state index contributed by atoms with van der Waals surface area (Å²) in [6.07, 6.45) is 0.0857. The van der Waals surface area contributed by atoms with Crippen LogP contribution in [0.4, 0.5) is 0 Å². The summed E-state index contributed by atoms with van der Waals surface area (Å²) in [6, 6.07) is 3.54. The van der Waals surface area contributed by atoms with E-state index in [-0.39, 0.29) is 12.0 Å². The van der Waals surface area contributed by atoms with E-state index in [1.54, 1.807) is 13.0 Å². The largest absolute Gasteiger partial charge is 0.491 e. The molecule has 0 heterocycles. The molecule has 0 aromatic heterocycles. The zero-order chi connectivity index (χ0) is 13.2. The molecule has 1 aromatic carbocycles. The van der Waals surface area contributed by atoms with Crippen molar-refractivity contribution in [1.29, 1.82) is 0 Å². The number of aryl methyl sites for hydroxylation is 1. The molecular weight excluding hydrogens is 216 g/mol. The number of carboxylic acids is 1. The lowest BCUT2D eigenvalue weighted by atomic mass is 9.96. The maximum Gasteiger partial charge on any atom is 0.335 e. The van der Waals surface area contributed by atoms with E-state index in [0.29, 0.717) is 5.56 Å². The van der Waals surface area contributed by atoms with Gasteiger partial charge in [-0.05, 0) is 49.9 Å². The van der Waals surface area contributed by atoms with Crippen LogP contribution in [0.25, 0.3) is 0 Å². The SMILES string of the molecule is Cc1cc(OC(C)C)c(C(C)C)cc1C(=O)O. The van der Waals surface area contributed by atoms with Crippen molar-refractivity contribution in [2.24, 2.45) is 0 Å². The van der Waals surface area contributed by atoms with Gasteiger partial charge in [0.15, 0.2) is 0 Å². The molecule has 0 bridgehead atoms. The number of rotatable bonds is 4. The fourth-order valence-electron chi connectivity index (χ4n) is 1.74. The van der Waals surface area contributed by atoms with Crippen molar-refractivity contribution in [2.75, 3.05) is 0 Å². The van der Waals surface area contributed by atoms with Crippen molar-refractivity contribution in [3.63, 3.8) is 0 Å². The predicted molar refractivity (Wildman–Crippen MR) is 68.0 cm³/mol. The highest BCUT2D eigenvalue weighted by Gasteiger charge is 2.16. The minimum atomic E-state index is -0.888. The quantitative estimate of drug-likeness (QED) is 0.868. The Morgan fingerprint density at radius 2 is 1.82 bits per heavy atom. The average Bonchev–Trinajstić information content (AvgIpc) is 2.15. The number of ether oxygens (including phenoxy) is 1.